The number of amides is 1. The molecule has 0 unspecified atom stereocenters. The summed E-state index contributed by atoms with van der Waals surface area (Å²) in [6.45, 7) is 0.329. The summed E-state index contributed by atoms with van der Waals surface area (Å²) in [5.41, 5.74) is 0.935. The molecule has 0 atom stereocenters. The van der Waals surface area contributed by atoms with Gasteiger partial charge < -0.3 is 9.73 Å². The Balaban J connectivity index is 1.75. The molecule has 1 N–H and O–H groups in total. The molecule has 1 heterocycles. The van der Waals surface area contributed by atoms with Crippen LogP contribution in [0.1, 0.15) is 16.1 Å². The van der Waals surface area contributed by atoms with Gasteiger partial charge in [0.2, 0.25) is 14.9 Å². The van der Waals surface area contributed by atoms with Gasteiger partial charge in [-0.05, 0) is 42.0 Å². The molecule has 0 saturated carbocycles. The summed E-state index contributed by atoms with van der Waals surface area (Å²) in [5, 5.41) is 2.43. The third kappa shape index (κ3) is 4.00. The lowest BCUT2D eigenvalue weighted by atomic mass is 10.2. The molecule has 0 bridgehead atoms. The molecule has 7 heteroatoms. The molecule has 0 spiro atoms. The number of sulfone groups is 1. The van der Waals surface area contributed by atoms with E-state index < -0.39 is 15.7 Å². The molecule has 3 rings (SSSR count). The van der Waals surface area contributed by atoms with Crippen molar-refractivity contribution in [1.82, 2.24) is 5.32 Å². The molecule has 3 aromatic rings. The lowest BCUT2D eigenvalue weighted by Gasteiger charge is -2.03. The third-order valence-electron chi connectivity index (χ3n) is 3.49. The van der Waals surface area contributed by atoms with Crippen molar-refractivity contribution in [2.24, 2.45) is 0 Å². The van der Waals surface area contributed by atoms with Crippen molar-refractivity contribution in [3.63, 3.8) is 0 Å². The highest BCUT2D eigenvalue weighted by Crippen LogP contribution is 2.24. The van der Waals surface area contributed by atoms with E-state index in [-0.39, 0.29) is 15.7 Å². The van der Waals surface area contributed by atoms with Crippen molar-refractivity contribution < 1.29 is 17.6 Å². The van der Waals surface area contributed by atoms with E-state index >= 15 is 0 Å². The Morgan fingerprint density at radius 3 is 2.32 bits per heavy atom. The van der Waals surface area contributed by atoms with Gasteiger partial charge in [-0.15, -0.1) is 0 Å². The fraction of sp³-hybridized carbons (Fsp3) is 0.0556. The summed E-state index contributed by atoms with van der Waals surface area (Å²) >= 11 is 3.26. The predicted molar refractivity (Wildman–Crippen MR) is 95.9 cm³/mol. The van der Waals surface area contributed by atoms with Gasteiger partial charge in [0.05, 0.1) is 4.90 Å². The van der Waals surface area contributed by atoms with Gasteiger partial charge in [-0.1, -0.05) is 46.3 Å². The second-order valence-corrected chi connectivity index (χ2v) is 8.04. The van der Waals surface area contributed by atoms with Crippen LogP contribution in [0.15, 0.2) is 85.6 Å². The lowest BCUT2D eigenvalue weighted by Crippen LogP contribution is -2.22. The molecule has 1 aromatic heterocycles. The number of hydrogen-bond donors (Lipinski definition) is 1. The first-order chi connectivity index (χ1) is 12.0. The van der Waals surface area contributed by atoms with E-state index in [0.717, 1.165) is 10.0 Å². The Hall–Kier alpha value is -2.38. The molecule has 0 aliphatic rings. The van der Waals surface area contributed by atoms with E-state index in [0.29, 0.717) is 6.54 Å². The Morgan fingerprint density at radius 1 is 0.960 bits per heavy atom. The van der Waals surface area contributed by atoms with Crippen LogP contribution in [0.25, 0.3) is 0 Å². The zero-order valence-electron chi connectivity index (χ0n) is 13.0. The largest absolute Gasteiger partial charge is 0.439 e. The van der Waals surface area contributed by atoms with Crippen molar-refractivity contribution in [3.8, 4) is 0 Å². The highest BCUT2D eigenvalue weighted by Gasteiger charge is 2.23. The van der Waals surface area contributed by atoms with Gasteiger partial charge in [-0.3, -0.25) is 4.79 Å². The first kappa shape index (κ1) is 17.4. The summed E-state index contributed by atoms with van der Waals surface area (Å²) in [6, 6.07) is 18.2. The maximum absolute atomic E-state index is 12.5. The smallest absolute Gasteiger partial charge is 0.287 e. The van der Waals surface area contributed by atoms with Crippen molar-refractivity contribution in [3.05, 3.63) is 82.5 Å². The molecule has 25 heavy (non-hydrogen) atoms. The summed E-state index contributed by atoms with van der Waals surface area (Å²) in [7, 11) is -3.80. The molecular formula is C18H14BrNO4S. The Labute approximate surface area is 153 Å². The fourth-order valence-electron chi connectivity index (χ4n) is 2.18. The second kappa shape index (κ2) is 7.25. The van der Waals surface area contributed by atoms with Gasteiger partial charge in [-0.25, -0.2) is 8.42 Å². The van der Waals surface area contributed by atoms with E-state index in [1.165, 1.54) is 24.3 Å². The second-order valence-electron chi connectivity index (χ2n) is 5.24. The first-order valence-corrected chi connectivity index (χ1v) is 9.67. The van der Waals surface area contributed by atoms with Crippen LogP contribution < -0.4 is 5.32 Å². The molecule has 5 nitrogen and oxygen atoms in total. The Kier molecular flexibility index (Phi) is 5.06. The van der Waals surface area contributed by atoms with Crippen LogP contribution in [-0.2, 0) is 16.4 Å². The normalized spacial score (nSPS) is 11.2. The monoisotopic (exact) mass is 419 g/mol. The first-order valence-electron chi connectivity index (χ1n) is 7.39. The maximum Gasteiger partial charge on any atom is 0.287 e. The van der Waals surface area contributed by atoms with E-state index in [2.05, 4.69) is 21.2 Å². The molecule has 0 saturated heterocycles. The molecule has 0 fully saturated rings. The quantitative estimate of drug-likeness (QED) is 0.681. The topological polar surface area (TPSA) is 76.4 Å². The minimum absolute atomic E-state index is 0.0494. The molecule has 0 radical (unpaired) electrons. The van der Waals surface area contributed by atoms with E-state index in [1.807, 2.05) is 30.3 Å². The molecular weight excluding hydrogens is 406 g/mol. The van der Waals surface area contributed by atoms with Gasteiger partial charge in [-0.2, -0.15) is 0 Å². The van der Waals surface area contributed by atoms with Gasteiger partial charge in [0.1, 0.15) is 0 Å². The molecule has 128 valence electrons. The Bertz CT molecular complexity index is 979. The minimum atomic E-state index is -3.80. The van der Waals surface area contributed by atoms with Crippen LogP contribution >= 0.6 is 15.9 Å². The number of carbonyl (C=O) groups is 1. The minimum Gasteiger partial charge on any atom is -0.439 e. The lowest BCUT2D eigenvalue weighted by molar-refractivity contribution is 0.0918. The number of nitrogens with one attached hydrogen (secondary N) is 1. The van der Waals surface area contributed by atoms with Gasteiger partial charge in [0.25, 0.3) is 5.91 Å². The van der Waals surface area contributed by atoms with E-state index in [4.69, 9.17) is 4.42 Å². The summed E-state index contributed by atoms with van der Waals surface area (Å²) in [5.74, 6) is -0.521. The van der Waals surface area contributed by atoms with Crippen LogP contribution in [0.4, 0.5) is 0 Å². The SMILES string of the molecule is O=C(NCc1ccccc1)c1ccc(S(=O)(=O)c2ccc(Br)cc2)o1. The van der Waals surface area contributed by atoms with Crippen LogP contribution in [0, 0.1) is 0 Å². The van der Waals surface area contributed by atoms with E-state index in [9.17, 15) is 13.2 Å². The summed E-state index contributed by atoms with van der Waals surface area (Å²) in [4.78, 5) is 12.2. The summed E-state index contributed by atoms with van der Waals surface area (Å²) in [6.07, 6.45) is 0. The number of halogens is 1. The molecule has 1 amide bonds. The number of benzene rings is 2. The molecule has 0 aliphatic heterocycles. The van der Waals surface area contributed by atoms with Crippen molar-refractivity contribution >= 4 is 31.7 Å². The van der Waals surface area contributed by atoms with Gasteiger partial charge in [0.15, 0.2) is 5.76 Å². The van der Waals surface area contributed by atoms with Crippen molar-refractivity contribution in [2.75, 3.05) is 0 Å². The number of furan rings is 1. The van der Waals surface area contributed by atoms with E-state index in [1.54, 1.807) is 12.1 Å². The van der Waals surface area contributed by atoms with Crippen LogP contribution in [0.5, 0.6) is 0 Å². The van der Waals surface area contributed by atoms with Crippen molar-refractivity contribution in [2.45, 2.75) is 16.5 Å². The van der Waals surface area contributed by atoms with Crippen LogP contribution in [0.2, 0.25) is 0 Å². The molecule has 2 aromatic carbocycles. The zero-order valence-corrected chi connectivity index (χ0v) is 15.4. The number of rotatable bonds is 5. The zero-order chi connectivity index (χ0) is 17.9. The molecule has 0 aliphatic carbocycles. The van der Waals surface area contributed by atoms with Gasteiger partial charge >= 0.3 is 0 Å². The Morgan fingerprint density at radius 2 is 1.64 bits per heavy atom. The third-order valence-corrected chi connectivity index (χ3v) is 5.66. The fourth-order valence-corrected chi connectivity index (χ4v) is 3.62. The predicted octanol–water partition coefficient (Wildman–Crippen LogP) is 3.80. The van der Waals surface area contributed by atoms with Crippen LogP contribution in [0.3, 0.4) is 0 Å². The average molecular weight is 420 g/mol. The number of hydrogen-bond acceptors (Lipinski definition) is 4. The highest BCUT2D eigenvalue weighted by molar-refractivity contribution is 9.10. The number of carbonyl (C=O) groups excluding carboxylic acids is 1. The maximum atomic E-state index is 12.5. The highest BCUT2D eigenvalue weighted by atomic mass is 79.9. The van der Waals surface area contributed by atoms with Crippen molar-refractivity contribution in [1.29, 1.82) is 0 Å². The van der Waals surface area contributed by atoms with Gasteiger partial charge in [0, 0.05) is 11.0 Å². The standard InChI is InChI=1S/C18H14BrNO4S/c19-14-6-8-15(9-7-14)25(22,23)17-11-10-16(24-17)18(21)20-12-13-4-2-1-3-5-13/h1-11H,12H2,(H,20,21). The average Bonchev–Trinajstić information content (AvgIpc) is 3.12. The summed E-state index contributed by atoms with van der Waals surface area (Å²) < 4.78 is 31.1. The van der Waals surface area contributed by atoms with Crippen LogP contribution in [-0.4, -0.2) is 14.3 Å².